The summed E-state index contributed by atoms with van der Waals surface area (Å²) in [6.07, 6.45) is 4.49. The molecule has 3 heterocycles. The first kappa shape index (κ1) is 17.1. The Bertz CT molecular complexity index is 879. The molecule has 1 saturated heterocycles. The molecule has 1 aliphatic heterocycles. The van der Waals surface area contributed by atoms with Crippen LogP contribution in [0.1, 0.15) is 29.7 Å². The van der Waals surface area contributed by atoms with Crippen molar-refractivity contribution < 1.29 is 4.74 Å². The number of rotatable bonds is 6. The largest absolute Gasteiger partial charge is 0.475 e. The fourth-order valence-corrected chi connectivity index (χ4v) is 3.91. The topological polar surface area (TPSA) is 30.3 Å². The lowest BCUT2D eigenvalue weighted by Gasteiger charge is -2.16. The van der Waals surface area contributed by atoms with Crippen molar-refractivity contribution >= 4 is 10.9 Å². The van der Waals surface area contributed by atoms with Crippen LogP contribution in [0.5, 0.6) is 5.88 Å². The zero-order valence-corrected chi connectivity index (χ0v) is 15.7. The van der Waals surface area contributed by atoms with Crippen LogP contribution in [-0.4, -0.2) is 40.7 Å². The quantitative estimate of drug-likeness (QED) is 0.669. The van der Waals surface area contributed by atoms with Crippen molar-refractivity contribution in [3.05, 3.63) is 59.4 Å². The van der Waals surface area contributed by atoms with Gasteiger partial charge in [-0.3, -0.25) is 4.90 Å². The Morgan fingerprint density at radius 3 is 2.58 bits per heavy atom. The van der Waals surface area contributed by atoms with E-state index in [1.165, 1.54) is 48.1 Å². The van der Waals surface area contributed by atoms with Crippen molar-refractivity contribution in [2.75, 3.05) is 26.2 Å². The van der Waals surface area contributed by atoms with Gasteiger partial charge in [0.05, 0.1) is 0 Å². The summed E-state index contributed by atoms with van der Waals surface area (Å²) in [4.78, 5) is 7.04. The van der Waals surface area contributed by atoms with E-state index >= 15 is 0 Å². The number of aromatic nitrogens is 2. The first-order valence-corrected chi connectivity index (χ1v) is 9.57. The second-order valence-electron chi connectivity index (χ2n) is 7.19. The molecule has 0 amide bonds. The van der Waals surface area contributed by atoms with Gasteiger partial charge in [0.1, 0.15) is 12.1 Å². The van der Waals surface area contributed by atoms with Crippen LogP contribution in [-0.2, 0) is 6.54 Å². The summed E-state index contributed by atoms with van der Waals surface area (Å²) in [6.45, 7) is 9.29. The molecular formula is C22H27N3O. The molecule has 136 valence electrons. The van der Waals surface area contributed by atoms with E-state index in [9.17, 15) is 0 Å². The molecule has 0 saturated carbocycles. The van der Waals surface area contributed by atoms with Crippen molar-refractivity contribution in [3.8, 4) is 5.88 Å². The first-order valence-electron chi connectivity index (χ1n) is 9.57. The minimum atomic E-state index is 0.695. The molecule has 0 unspecified atom stereocenters. The van der Waals surface area contributed by atoms with E-state index in [-0.39, 0.29) is 0 Å². The lowest BCUT2D eigenvalue weighted by atomic mass is 10.2. The molecule has 3 aromatic rings. The Morgan fingerprint density at radius 1 is 1.04 bits per heavy atom. The highest BCUT2D eigenvalue weighted by Gasteiger charge is 2.17. The molecule has 0 aliphatic carbocycles. The summed E-state index contributed by atoms with van der Waals surface area (Å²) >= 11 is 0. The second-order valence-corrected chi connectivity index (χ2v) is 7.19. The minimum absolute atomic E-state index is 0.695. The second kappa shape index (κ2) is 7.50. The van der Waals surface area contributed by atoms with Crippen LogP contribution in [0.3, 0.4) is 0 Å². The molecule has 0 atom stereocenters. The van der Waals surface area contributed by atoms with E-state index in [0.717, 1.165) is 24.5 Å². The number of fused-ring (bicyclic) bond motifs is 1. The highest BCUT2D eigenvalue weighted by atomic mass is 16.5. The van der Waals surface area contributed by atoms with Gasteiger partial charge in [-0.25, -0.2) is 4.98 Å². The molecule has 0 spiro atoms. The third-order valence-corrected chi connectivity index (χ3v) is 5.54. The summed E-state index contributed by atoms with van der Waals surface area (Å²) in [5, 5.41) is 1.24. The number of hydrogen-bond acceptors (Lipinski definition) is 3. The molecule has 26 heavy (non-hydrogen) atoms. The molecule has 1 fully saturated rings. The van der Waals surface area contributed by atoms with Crippen LogP contribution < -0.4 is 4.74 Å². The maximum atomic E-state index is 6.15. The average molecular weight is 349 g/mol. The Balaban J connectivity index is 1.63. The van der Waals surface area contributed by atoms with E-state index in [0.29, 0.717) is 6.61 Å². The SMILES string of the molecule is Cc1c(C)n(Cc2ccccc2)c2c(OCCN3CCCC3)nccc12. The fourth-order valence-electron chi connectivity index (χ4n) is 3.91. The molecule has 4 nitrogen and oxygen atoms in total. The molecule has 0 N–H and O–H groups in total. The molecular weight excluding hydrogens is 322 g/mol. The van der Waals surface area contributed by atoms with Crippen LogP contribution in [0.2, 0.25) is 0 Å². The maximum Gasteiger partial charge on any atom is 0.238 e. The number of benzene rings is 1. The number of nitrogens with zero attached hydrogens (tertiary/aromatic N) is 3. The Hall–Kier alpha value is -2.33. The van der Waals surface area contributed by atoms with Gasteiger partial charge in [0.25, 0.3) is 0 Å². The summed E-state index contributed by atoms with van der Waals surface area (Å²) in [7, 11) is 0. The predicted octanol–water partition coefficient (Wildman–Crippen LogP) is 4.18. The van der Waals surface area contributed by atoms with Crippen LogP contribution in [0.25, 0.3) is 10.9 Å². The van der Waals surface area contributed by atoms with E-state index in [2.05, 4.69) is 64.7 Å². The smallest absolute Gasteiger partial charge is 0.238 e. The zero-order chi connectivity index (χ0) is 17.9. The van der Waals surface area contributed by atoms with Gasteiger partial charge in [-0.1, -0.05) is 30.3 Å². The van der Waals surface area contributed by atoms with Crippen molar-refractivity contribution in [1.29, 1.82) is 0 Å². The van der Waals surface area contributed by atoms with Crippen molar-refractivity contribution in [1.82, 2.24) is 14.5 Å². The van der Waals surface area contributed by atoms with E-state index in [1.54, 1.807) is 0 Å². The van der Waals surface area contributed by atoms with E-state index < -0.39 is 0 Å². The number of pyridine rings is 1. The van der Waals surface area contributed by atoms with Gasteiger partial charge in [0, 0.05) is 30.4 Å². The van der Waals surface area contributed by atoms with Crippen molar-refractivity contribution in [3.63, 3.8) is 0 Å². The molecule has 4 heteroatoms. The highest BCUT2D eigenvalue weighted by Crippen LogP contribution is 2.31. The van der Waals surface area contributed by atoms with E-state index in [4.69, 9.17) is 4.74 Å². The standard InChI is InChI=1S/C22H27N3O/c1-17-18(2)25(16-19-8-4-3-5-9-19)21-20(17)10-11-23-22(21)26-15-14-24-12-6-7-13-24/h3-5,8-11H,6-7,12-16H2,1-2H3. The minimum Gasteiger partial charge on any atom is -0.475 e. The van der Waals surface area contributed by atoms with Gasteiger partial charge in [0.2, 0.25) is 5.88 Å². The Kier molecular flexibility index (Phi) is 4.93. The monoisotopic (exact) mass is 349 g/mol. The number of hydrogen-bond donors (Lipinski definition) is 0. The molecule has 0 bridgehead atoms. The van der Waals surface area contributed by atoms with Crippen LogP contribution in [0.15, 0.2) is 42.6 Å². The number of ether oxygens (including phenoxy) is 1. The zero-order valence-electron chi connectivity index (χ0n) is 15.7. The van der Waals surface area contributed by atoms with Crippen molar-refractivity contribution in [2.45, 2.75) is 33.2 Å². The summed E-state index contributed by atoms with van der Waals surface area (Å²) in [5.74, 6) is 0.758. The number of likely N-dealkylation sites (tertiary alicyclic amines) is 1. The lowest BCUT2D eigenvalue weighted by Crippen LogP contribution is -2.25. The predicted molar refractivity (Wildman–Crippen MR) is 106 cm³/mol. The molecule has 4 rings (SSSR count). The molecule has 1 aromatic carbocycles. The first-order chi connectivity index (χ1) is 12.7. The van der Waals surface area contributed by atoms with Crippen LogP contribution in [0, 0.1) is 13.8 Å². The Labute approximate surface area is 155 Å². The van der Waals surface area contributed by atoms with Gasteiger partial charge in [-0.15, -0.1) is 0 Å². The summed E-state index contributed by atoms with van der Waals surface area (Å²) < 4.78 is 8.50. The molecule has 1 aliphatic rings. The maximum absolute atomic E-state index is 6.15. The van der Waals surface area contributed by atoms with Gasteiger partial charge >= 0.3 is 0 Å². The van der Waals surface area contributed by atoms with Gasteiger partial charge in [-0.2, -0.15) is 0 Å². The fraction of sp³-hybridized carbons (Fsp3) is 0.409. The van der Waals surface area contributed by atoms with E-state index in [1.807, 2.05) is 6.20 Å². The lowest BCUT2D eigenvalue weighted by molar-refractivity contribution is 0.233. The third kappa shape index (κ3) is 3.34. The molecule has 2 aromatic heterocycles. The normalized spacial score (nSPS) is 15.0. The highest BCUT2D eigenvalue weighted by molar-refractivity contribution is 5.89. The Morgan fingerprint density at radius 2 is 1.81 bits per heavy atom. The van der Waals surface area contributed by atoms with Gasteiger partial charge in [0.15, 0.2) is 0 Å². The molecule has 0 radical (unpaired) electrons. The average Bonchev–Trinajstić information content (AvgIpc) is 3.26. The van der Waals surface area contributed by atoms with Gasteiger partial charge in [-0.05, 0) is 57.0 Å². The number of aryl methyl sites for hydroxylation is 1. The van der Waals surface area contributed by atoms with Crippen LogP contribution in [0.4, 0.5) is 0 Å². The van der Waals surface area contributed by atoms with Crippen LogP contribution >= 0.6 is 0 Å². The van der Waals surface area contributed by atoms with Crippen molar-refractivity contribution in [2.24, 2.45) is 0 Å². The summed E-state index contributed by atoms with van der Waals surface area (Å²) in [5.41, 5.74) is 5.00. The summed E-state index contributed by atoms with van der Waals surface area (Å²) in [6, 6.07) is 12.7. The van der Waals surface area contributed by atoms with Gasteiger partial charge < -0.3 is 9.30 Å². The third-order valence-electron chi connectivity index (χ3n) is 5.54.